The second-order valence-corrected chi connectivity index (χ2v) is 5.77. The Kier molecular flexibility index (Phi) is 3.23. The molecule has 0 radical (unpaired) electrons. The van der Waals surface area contributed by atoms with E-state index in [2.05, 4.69) is 11.2 Å². The van der Waals surface area contributed by atoms with Crippen molar-refractivity contribution in [1.82, 2.24) is 9.78 Å². The highest BCUT2D eigenvalue weighted by Gasteiger charge is 2.44. The maximum Gasteiger partial charge on any atom is 0.267 e. The first-order valence-electron chi connectivity index (χ1n) is 6.89. The maximum atomic E-state index is 12.1. The summed E-state index contributed by atoms with van der Waals surface area (Å²) < 4.78 is 7.05. The maximum absolute atomic E-state index is 12.1. The van der Waals surface area contributed by atoms with Crippen LogP contribution in [0.25, 0.3) is 0 Å². The van der Waals surface area contributed by atoms with Crippen LogP contribution < -0.4 is 10.3 Å². The lowest BCUT2D eigenvalue weighted by Crippen LogP contribution is -2.52. The van der Waals surface area contributed by atoms with E-state index < -0.39 is 17.7 Å². The van der Waals surface area contributed by atoms with Gasteiger partial charge in [0.2, 0.25) is 0 Å². The number of nitrogens with zero attached hydrogens (tertiary/aromatic N) is 3. The average molecular weight is 297 g/mol. The lowest BCUT2D eigenvalue weighted by Gasteiger charge is -2.42. The van der Waals surface area contributed by atoms with Crippen molar-refractivity contribution in [3.63, 3.8) is 0 Å². The quantitative estimate of drug-likeness (QED) is 0.855. The molecule has 1 aromatic heterocycles. The molecular formula is C16H15N3O3. The van der Waals surface area contributed by atoms with E-state index in [4.69, 9.17) is 10.00 Å². The Balaban J connectivity index is 2.26. The number of hydrogen-bond acceptors (Lipinski definition) is 5. The zero-order valence-corrected chi connectivity index (χ0v) is 12.2. The molecule has 6 nitrogen and oxygen atoms in total. The van der Waals surface area contributed by atoms with Gasteiger partial charge in [-0.05, 0) is 38.1 Å². The van der Waals surface area contributed by atoms with Crippen molar-refractivity contribution in [2.24, 2.45) is 0 Å². The lowest BCUT2D eigenvalue weighted by atomic mass is 9.86. The Morgan fingerprint density at radius 1 is 1.41 bits per heavy atom. The summed E-state index contributed by atoms with van der Waals surface area (Å²) in [6.45, 7) is 3.50. The molecule has 0 fully saturated rings. The van der Waals surface area contributed by atoms with Crippen LogP contribution in [0.5, 0.6) is 5.75 Å². The first kappa shape index (κ1) is 14.3. The first-order valence-corrected chi connectivity index (χ1v) is 6.89. The van der Waals surface area contributed by atoms with Crippen LogP contribution >= 0.6 is 0 Å². The van der Waals surface area contributed by atoms with Gasteiger partial charge >= 0.3 is 0 Å². The Hall–Kier alpha value is -2.65. The molecule has 0 aliphatic carbocycles. The summed E-state index contributed by atoms with van der Waals surface area (Å²) in [5, 5.41) is 23.8. The van der Waals surface area contributed by atoms with Gasteiger partial charge in [0.1, 0.15) is 23.5 Å². The summed E-state index contributed by atoms with van der Waals surface area (Å²) in [6.07, 6.45) is 0.506. The molecule has 2 aromatic rings. The van der Waals surface area contributed by atoms with Crippen molar-refractivity contribution in [2.75, 3.05) is 0 Å². The van der Waals surface area contributed by atoms with Crippen LogP contribution in [0, 0.1) is 11.3 Å². The number of fused-ring (bicyclic) bond motifs is 1. The SMILES string of the molecule is CC1(C)Oc2ccc(C#N)cc2[C@@H](n2ncccc2=O)[C@@H]1O. The summed E-state index contributed by atoms with van der Waals surface area (Å²) in [5.74, 6) is 0.539. The van der Waals surface area contributed by atoms with Crippen LogP contribution in [-0.4, -0.2) is 26.6 Å². The predicted octanol–water partition coefficient (Wildman–Crippen LogP) is 1.24. The number of aliphatic hydroxyl groups excluding tert-OH is 1. The van der Waals surface area contributed by atoms with Gasteiger partial charge in [0.25, 0.3) is 5.56 Å². The smallest absolute Gasteiger partial charge is 0.267 e. The van der Waals surface area contributed by atoms with E-state index in [0.29, 0.717) is 16.9 Å². The Labute approximate surface area is 127 Å². The zero-order chi connectivity index (χ0) is 15.9. The molecule has 22 heavy (non-hydrogen) atoms. The van der Waals surface area contributed by atoms with Gasteiger partial charge < -0.3 is 9.84 Å². The van der Waals surface area contributed by atoms with Crippen LogP contribution in [-0.2, 0) is 0 Å². The van der Waals surface area contributed by atoms with Crippen LogP contribution in [0.2, 0.25) is 0 Å². The largest absolute Gasteiger partial charge is 0.485 e. The number of aromatic nitrogens is 2. The van der Waals surface area contributed by atoms with E-state index in [0.717, 1.165) is 0 Å². The fourth-order valence-electron chi connectivity index (χ4n) is 2.68. The summed E-state index contributed by atoms with van der Waals surface area (Å²) in [7, 11) is 0. The van der Waals surface area contributed by atoms with E-state index in [-0.39, 0.29) is 5.56 Å². The van der Waals surface area contributed by atoms with Gasteiger partial charge in [-0.1, -0.05) is 0 Å². The van der Waals surface area contributed by atoms with Gasteiger partial charge in [-0.2, -0.15) is 10.4 Å². The van der Waals surface area contributed by atoms with E-state index in [1.165, 1.54) is 16.9 Å². The molecule has 0 saturated carbocycles. The van der Waals surface area contributed by atoms with E-state index >= 15 is 0 Å². The third-order valence-electron chi connectivity index (χ3n) is 3.85. The van der Waals surface area contributed by atoms with E-state index in [1.54, 1.807) is 38.1 Å². The topological polar surface area (TPSA) is 88.1 Å². The van der Waals surface area contributed by atoms with E-state index in [9.17, 15) is 9.90 Å². The monoisotopic (exact) mass is 297 g/mol. The van der Waals surface area contributed by atoms with Gasteiger partial charge in [0.05, 0.1) is 11.6 Å². The molecule has 3 rings (SSSR count). The van der Waals surface area contributed by atoms with Crippen molar-refractivity contribution in [3.8, 4) is 11.8 Å². The predicted molar refractivity (Wildman–Crippen MR) is 78.5 cm³/mol. The molecule has 1 aliphatic heterocycles. The average Bonchev–Trinajstić information content (AvgIpc) is 2.49. The number of benzene rings is 1. The highest BCUT2D eigenvalue weighted by molar-refractivity contribution is 5.46. The minimum atomic E-state index is -0.985. The van der Waals surface area contributed by atoms with Crippen LogP contribution in [0.3, 0.4) is 0 Å². The lowest BCUT2D eigenvalue weighted by molar-refractivity contribution is -0.0666. The Morgan fingerprint density at radius 3 is 2.86 bits per heavy atom. The minimum absolute atomic E-state index is 0.322. The third-order valence-corrected chi connectivity index (χ3v) is 3.85. The fraction of sp³-hybridized carbons (Fsp3) is 0.312. The van der Waals surface area contributed by atoms with E-state index in [1.807, 2.05) is 0 Å². The van der Waals surface area contributed by atoms with Gasteiger partial charge in [-0.25, -0.2) is 4.68 Å². The van der Waals surface area contributed by atoms with Gasteiger partial charge in [0.15, 0.2) is 0 Å². The molecule has 2 heterocycles. The molecular weight excluding hydrogens is 282 g/mol. The Morgan fingerprint density at radius 2 is 2.18 bits per heavy atom. The van der Waals surface area contributed by atoms with Crippen molar-refractivity contribution in [3.05, 3.63) is 58.0 Å². The number of rotatable bonds is 1. The standard InChI is InChI=1S/C16H15N3O3/c1-16(2)15(21)14(19-13(20)4-3-7-18-19)11-8-10(9-17)5-6-12(11)22-16/h3-8,14-15,21H,1-2H3/t14-,15+/m1/s1. The second kappa shape index (κ2) is 4.97. The number of ether oxygens (including phenoxy) is 1. The molecule has 6 heteroatoms. The van der Waals surface area contributed by atoms with Crippen LogP contribution in [0.1, 0.15) is 31.0 Å². The third kappa shape index (κ3) is 2.16. The molecule has 0 amide bonds. The number of nitriles is 1. The zero-order valence-electron chi connectivity index (χ0n) is 12.2. The van der Waals surface area contributed by atoms with Crippen molar-refractivity contribution >= 4 is 0 Å². The van der Waals surface area contributed by atoms with Crippen molar-refractivity contribution < 1.29 is 9.84 Å². The van der Waals surface area contributed by atoms with Crippen molar-refractivity contribution in [2.45, 2.75) is 31.6 Å². The summed E-state index contributed by atoms with van der Waals surface area (Å²) in [5.41, 5.74) is -0.199. The molecule has 0 spiro atoms. The number of aliphatic hydroxyl groups is 1. The molecule has 0 saturated heterocycles. The minimum Gasteiger partial charge on any atom is -0.485 e. The van der Waals surface area contributed by atoms with Crippen LogP contribution in [0.15, 0.2) is 41.3 Å². The van der Waals surface area contributed by atoms with Gasteiger partial charge in [0, 0.05) is 17.8 Å². The highest BCUT2D eigenvalue weighted by atomic mass is 16.5. The first-order chi connectivity index (χ1) is 10.4. The fourth-order valence-corrected chi connectivity index (χ4v) is 2.68. The number of hydrogen-bond donors (Lipinski definition) is 1. The molecule has 1 aliphatic rings. The second-order valence-electron chi connectivity index (χ2n) is 5.77. The molecule has 1 N–H and O–H groups in total. The normalized spacial score (nSPS) is 22.3. The van der Waals surface area contributed by atoms with Crippen molar-refractivity contribution in [1.29, 1.82) is 5.26 Å². The van der Waals surface area contributed by atoms with Gasteiger partial charge in [-0.15, -0.1) is 0 Å². The highest BCUT2D eigenvalue weighted by Crippen LogP contribution is 2.41. The molecule has 2 atom stereocenters. The Bertz CT molecular complexity index is 820. The molecule has 0 unspecified atom stereocenters. The summed E-state index contributed by atoms with van der Waals surface area (Å²) in [4.78, 5) is 12.1. The van der Waals surface area contributed by atoms with Gasteiger partial charge in [-0.3, -0.25) is 4.79 Å². The molecule has 1 aromatic carbocycles. The summed E-state index contributed by atoms with van der Waals surface area (Å²) >= 11 is 0. The van der Waals surface area contributed by atoms with Crippen LogP contribution in [0.4, 0.5) is 0 Å². The molecule has 0 bridgehead atoms. The molecule has 112 valence electrons. The summed E-state index contributed by atoms with van der Waals surface area (Å²) in [6, 6.07) is 9.23.